The van der Waals surface area contributed by atoms with Crippen LogP contribution < -0.4 is 4.74 Å². The van der Waals surface area contributed by atoms with Crippen molar-refractivity contribution in [3.8, 4) is 22.1 Å². The van der Waals surface area contributed by atoms with Crippen LogP contribution in [0.1, 0.15) is 12.5 Å². The summed E-state index contributed by atoms with van der Waals surface area (Å²) in [5, 5.41) is 0. The number of hydrogen-bond donors (Lipinski definition) is 0. The normalized spacial score (nSPS) is 12.6. The Morgan fingerprint density at radius 1 is 1.15 bits per heavy atom. The number of pyridine rings is 2. The van der Waals surface area contributed by atoms with Crippen LogP contribution in [0.2, 0.25) is 0 Å². The molecule has 1 aromatic carbocycles. The molecule has 9 nitrogen and oxygen atoms in total. The van der Waals surface area contributed by atoms with Crippen molar-refractivity contribution < 1.29 is 60.5 Å². The zero-order chi connectivity index (χ0) is 27.9. The van der Waals surface area contributed by atoms with E-state index in [9.17, 15) is 13.6 Å². The molecule has 0 unspecified atom stereocenters. The van der Waals surface area contributed by atoms with Crippen LogP contribution in [-0.2, 0) is 53.5 Å². The minimum Gasteiger partial charge on any atom is -0.696 e. The van der Waals surface area contributed by atoms with E-state index >= 15 is 0 Å². The molecule has 4 heterocycles. The molecule has 0 bridgehead atoms. The first kappa shape index (κ1) is 31.9. The Bertz CT molecular complexity index is 1440. The molecule has 1 aliphatic rings. The van der Waals surface area contributed by atoms with Crippen LogP contribution in [0.5, 0.6) is 11.5 Å². The quantitative estimate of drug-likeness (QED) is 0.215. The molecule has 1 fully saturated rings. The molecule has 1 amide bonds. The number of halogens is 2. The topological polar surface area (TPSA) is 121 Å². The second kappa shape index (κ2) is 14.9. The van der Waals surface area contributed by atoms with Crippen LogP contribution in [0.3, 0.4) is 0 Å². The summed E-state index contributed by atoms with van der Waals surface area (Å²) >= 11 is 1.36. The van der Waals surface area contributed by atoms with Crippen molar-refractivity contribution in [3.63, 3.8) is 0 Å². The number of hydrogen-bond acceptors (Lipinski definition) is 7. The van der Waals surface area contributed by atoms with Crippen LogP contribution >= 0.6 is 11.3 Å². The van der Waals surface area contributed by atoms with Crippen LogP contribution in [0.25, 0.3) is 32.3 Å². The van der Waals surface area contributed by atoms with Gasteiger partial charge in [0, 0.05) is 91.5 Å². The molecule has 1 radical (unpaired) electrons. The SMILES string of the molecule is COCCN(Cc1ccc(-c2cc3nccc(Oc4ccc([NH-])c(F)c4F)c3s2)nc1)C(C)=O.[NH-]C1COC1.[Y]. The Hall–Kier alpha value is -2.61. The Morgan fingerprint density at radius 2 is 1.90 bits per heavy atom. The molecule has 1 saturated heterocycles. The number of benzene rings is 1. The fourth-order valence-corrected chi connectivity index (χ4v) is 4.56. The molecule has 13 heteroatoms. The standard InChI is InChI=1S/C24H21F2N4O3S.C3H6NO.Y/c1-14(31)30(9-10-32-2)13-15-3-5-17(29-12-15)21-11-18-24(34-21)20(7-8-28-18)33-19-6-4-16(27)22(25)23(19)26;4-3-1-5-2-3;/h3-8,11-12,27H,9-10,13H2,1-2H3;3-4H,1-2H2;/q2*-1;. The van der Waals surface area contributed by atoms with E-state index in [2.05, 4.69) is 14.7 Å². The Labute approximate surface area is 259 Å². The van der Waals surface area contributed by atoms with E-state index in [1.54, 1.807) is 24.3 Å². The summed E-state index contributed by atoms with van der Waals surface area (Å²) < 4.78 is 43.9. The van der Waals surface area contributed by atoms with Gasteiger partial charge in [-0.05, 0) is 23.8 Å². The molecular formula is C27H27F2N5O4SY-2. The molecule has 40 heavy (non-hydrogen) atoms. The first-order valence-corrected chi connectivity index (χ1v) is 12.8. The van der Waals surface area contributed by atoms with Gasteiger partial charge >= 0.3 is 0 Å². The molecule has 0 aliphatic carbocycles. The van der Waals surface area contributed by atoms with Crippen LogP contribution in [0.4, 0.5) is 14.5 Å². The number of amides is 1. The van der Waals surface area contributed by atoms with Crippen molar-refractivity contribution >= 4 is 33.1 Å². The fraction of sp³-hybridized carbons (Fsp3) is 0.296. The number of carbonyl (C=O) groups is 1. The van der Waals surface area contributed by atoms with Crippen molar-refractivity contribution in [1.82, 2.24) is 14.9 Å². The van der Waals surface area contributed by atoms with E-state index in [0.717, 1.165) is 16.5 Å². The summed E-state index contributed by atoms with van der Waals surface area (Å²) in [5.41, 5.74) is 15.8. The van der Waals surface area contributed by atoms with E-state index < -0.39 is 17.3 Å². The van der Waals surface area contributed by atoms with Gasteiger partial charge in [-0.2, -0.15) is 4.39 Å². The van der Waals surface area contributed by atoms with E-state index in [4.69, 9.17) is 20.9 Å². The summed E-state index contributed by atoms with van der Waals surface area (Å²) in [6.45, 7) is 4.20. The molecule has 0 spiro atoms. The van der Waals surface area contributed by atoms with E-state index in [-0.39, 0.29) is 50.4 Å². The number of carbonyl (C=O) groups excluding carboxylic acids is 1. The smallest absolute Gasteiger partial charge is 0.219 e. The molecule has 0 saturated carbocycles. The predicted molar refractivity (Wildman–Crippen MR) is 145 cm³/mol. The molecule has 209 valence electrons. The van der Waals surface area contributed by atoms with Crippen molar-refractivity contribution in [3.05, 3.63) is 77.5 Å². The molecule has 1 aliphatic heterocycles. The average Bonchev–Trinajstić information content (AvgIpc) is 3.36. The molecule has 5 rings (SSSR count). The molecule has 0 atom stereocenters. The van der Waals surface area contributed by atoms with Gasteiger partial charge in [-0.3, -0.25) is 14.8 Å². The number of nitrogens with zero attached hydrogens (tertiary/aromatic N) is 3. The van der Waals surface area contributed by atoms with Gasteiger partial charge in [-0.25, -0.2) is 4.39 Å². The summed E-state index contributed by atoms with van der Waals surface area (Å²) in [6.07, 6.45) is 3.24. The maximum absolute atomic E-state index is 14.2. The first-order valence-electron chi connectivity index (χ1n) is 12.0. The van der Waals surface area contributed by atoms with Crippen LogP contribution in [0.15, 0.2) is 48.8 Å². The number of nitrogens with one attached hydrogen (secondary N) is 2. The Morgan fingerprint density at radius 3 is 2.50 bits per heavy atom. The van der Waals surface area contributed by atoms with Gasteiger partial charge in [-0.1, -0.05) is 18.2 Å². The van der Waals surface area contributed by atoms with Crippen molar-refractivity contribution in [2.24, 2.45) is 0 Å². The third-order valence-electron chi connectivity index (χ3n) is 5.74. The van der Waals surface area contributed by atoms with Gasteiger partial charge in [0.2, 0.25) is 5.91 Å². The van der Waals surface area contributed by atoms with Gasteiger partial charge in [0.25, 0.3) is 0 Å². The fourth-order valence-electron chi connectivity index (χ4n) is 3.52. The van der Waals surface area contributed by atoms with Crippen molar-refractivity contribution in [2.45, 2.75) is 19.5 Å². The number of methoxy groups -OCH3 is 1. The van der Waals surface area contributed by atoms with E-state index in [1.165, 1.54) is 30.5 Å². The molecular weight excluding hydrogens is 617 g/mol. The second-order valence-corrected chi connectivity index (χ2v) is 9.75. The summed E-state index contributed by atoms with van der Waals surface area (Å²) in [7, 11) is 1.59. The third-order valence-corrected chi connectivity index (χ3v) is 6.90. The Balaban J connectivity index is 0.000000662. The van der Waals surface area contributed by atoms with Crippen molar-refractivity contribution in [1.29, 1.82) is 0 Å². The van der Waals surface area contributed by atoms with E-state index in [1.807, 2.05) is 18.2 Å². The number of aromatic nitrogens is 2. The van der Waals surface area contributed by atoms with Gasteiger partial charge in [0.05, 0.1) is 27.4 Å². The second-order valence-electron chi connectivity index (χ2n) is 8.69. The monoisotopic (exact) mass is 644 g/mol. The minimum absolute atomic E-state index is 0. The maximum Gasteiger partial charge on any atom is 0.219 e. The van der Waals surface area contributed by atoms with Gasteiger partial charge in [-0.15, -0.1) is 17.0 Å². The summed E-state index contributed by atoms with van der Waals surface area (Å²) in [6, 6.07) is 9.63. The molecule has 4 aromatic rings. The number of thiophene rings is 1. The average molecular weight is 645 g/mol. The largest absolute Gasteiger partial charge is 0.696 e. The van der Waals surface area contributed by atoms with Crippen LogP contribution in [0, 0.1) is 11.6 Å². The van der Waals surface area contributed by atoms with Gasteiger partial charge in [0.15, 0.2) is 11.6 Å². The van der Waals surface area contributed by atoms with Gasteiger partial charge < -0.3 is 30.6 Å². The Kier molecular flexibility index (Phi) is 11.9. The molecule has 3 aromatic heterocycles. The van der Waals surface area contributed by atoms with E-state index in [0.29, 0.717) is 54.6 Å². The minimum atomic E-state index is -1.26. The zero-order valence-corrected chi connectivity index (χ0v) is 25.6. The summed E-state index contributed by atoms with van der Waals surface area (Å²) in [4.78, 5) is 23.2. The summed E-state index contributed by atoms with van der Waals surface area (Å²) in [5.74, 6) is -2.50. The zero-order valence-electron chi connectivity index (χ0n) is 21.9. The number of rotatable bonds is 8. The maximum atomic E-state index is 14.2. The first-order chi connectivity index (χ1) is 18.8. The predicted octanol–water partition coefficient (Wildman–Crippen LogP) is 6.54. The number of fused-ring (bicyclic) bond motifs is 1. The third kappa shape index (κ3) is 7.99. The van der Waals surface area contributed by atoms with Crippen molar-refractivity contribution in [2.75, 3.05) is 33.5 Å². The number of ether oxygens (including phenoxy) is 3. The van der Waals surface area contributed by atoms with Gasteiger partial charge in [0.1, 0.15) is 11.6 Å². The van der Waals surface area contributed by atoms with Crippen LogP contribution in [-0.4, -0.2) is 60.3 Å². The molecule has 2 N–H and O–H groups in total.